The van der Waals surface area contributed by atoms with Gasteiger partial charge in [0.05, 0.1) is 28.9 Å². The molecule has 0 saturated carbocycles. The van der Waals surface area contributed by atoms with Crippen molar-refractivity contribution in [2.75, 3.05) is 4.90 Å². The first-order valence-electron chi connectivity index (χ1n) is 12.5. The number of hydrogen-bond donors (Lipinski definition) is 1. The lowest BCUT2D eigenvalue weighted by Gasteiger charge is -2.39. The minimum absolute atomic E-state index is 0.0184. The molecule has 0 fully saturated rings. The fourth-order valence-electron chi connectivity index (χ4n) is 5.41. The summed E-state index contributed by atoms with van der Waals surface area (Å²) in [4.78, 5) is 15.3. The third-order valence-electron chi connectivity index (χ3n) is 7.12. The van der Waals surface area contributed by atoms with Crippen LogP contribution < -0.4 is 10.6 Å². The van der Waals surface area contributed by atoms with Gasteiger partial charge in [-0.1, -0.05) is 48.5 Å². The average Bonchev–Trinajstić information content (AvgIpc) is 3.39. The van der Waals surface area contributed by atoms with Crippen molar-refractivity contribution in [3.05, 3.63) is 125 Å². The highest BCUT2D eigenvalue weighted by molar-refractivity contribution is 6.01. The number of Topliss-reactive ketones (excluding diaryl/α,β-unsaturated/α-hetero) is 1. The number of nitrogens with two attached hydrogens (primary N) is 1. The third kappa shape index (κ3) is 3.87. The first-order valence-corrected chi connectivity index (χ1v) is 12.5. The maximum Gasteiger partial charge on any atom is 0.161 e. The summed E-state index contributed by atoms with van der Waals surface area (Å²) in [6.07, 6.45) is 3.57. The maximum absolute atomic E-state index is 13.7. The SMILES string of the molecule is N#CC1=C(N)N(c2ccc(F)cc2)C2=C(C(=O)CCC2)C1c1cn(-c2ccccc2)nc1-c1ccccc1. The molecule has 1 aromatic heterocycles. The lowest BCUT2D eigenvalue weighted by atomic mass is 9.75. The van der Waals surface area contributed by atoms with Crippen molar-refractivity contribution in [3.8, 4) is 23.0 Å². The van der Waals surface area contributed by atoms with Gasteiger partial charge in [-0.15, -0.1) is 0 Å². The summed E-state index contributed by atoms with van der Waals surface area (Å²) in [6, 6.07) is 27.7. The molecule has 6 rings (SSSR count). The van der Waals surface area contributed by atoms with E-state index < -0.39 is 5.92 Å². The Labute approximate surface area is 219 Å². The second-order valence-electron chi connectivity index (χ2n) is 9.37. The zero-order valence-corrected chi connectivity index (χ0v) is 20.5. The van der Waals surface area contributed by atoms with Crippen LogP contribution in [0.5, 0.6) is 0 Å². The summed E-state index contributed by atoms with van der Waals surface area (Å²) in [5.74, 6) is -0.826. The molecule has 4 aromatic rings. The van der Waals surface area contributed by atoms with Crippen molar-refractivity contribution in [3.63, 3.8) is 0 Å². The lowest BCUT2D eigenvalue weighted by Crippen LogP contribution is -2.38. The second-order valence-corrected chi connectivity index (χ2v) is 9.37. The summed E-state index contributed by atoms with van der Waals surface area (Å²) in [7, 11) is 0. The van der Waals surface area contributed by atoms with Crippen LogP contribution in [0.25, 0.3) is 16.9 Å². The molecular weight excluding hydrogens is 477 g/mol. The van der Waals surface area contributed by atoms with Crippen LogP contribution in [0.4, 0.5) is 10.1 Å². The fourth-order valence-corrected chi connectivity index (χ4v) is 5.41. The maximum atomic E-state index is 13.7. The van der Waals surface area contributed by atoms with Gasteiger partial charge in [0, 0.05) is 40.7 Å². The van der Waals surface area contributed by atoms with Crippen LogP contribution in [0.1, 0.15) is 30.7 Å². The molecule has 0 spiro atoms. The van der Waals surface area contributed by atoms with Crippen molar-refractivity contribution in [2.45, 2.75) is 25.2 Å². The molecule has 38 heavy (non-hydrogen) atoms. The van der Waals surface area contributed by atoms with Gasteiger partial charge in [-0.05, 0) is 49.2 Å². The first-order chi connectivity index (χ1) is 18.6. The van der Waals surface area contributed by atoms with Crippen LogP contribution in [-0.4, -0.2) is 15.6 Å². The van der Waals surface area contributed by atoms with Gasteiger partial charge in [-0.3, -0.25) is 9.69 Å². The Morgan fingerprint density at radius 3 is 2.29 bits per heavy atom. The number of ketones is 1. The van der Waals surface area contributed by atoms with E-state index in [2.05, 4.69) is 6.07 Å². The Balaban J connectivity index is 1.61. The molecule has 0 radical (unpaired) electrons. The zero-order valence-electron chi connectivity index (χ0n) is 20.5. The van der Waals surface area contributed by atoms with Crippen LogP contribution in [-0.2, 0) is 4.79 Å². The molecule has 1 aliphatic carbocycles. The molecule has 0 amide bonds. The Hall–Kier alpha value is -4.96. The Bertz CT molecular complexity index is 1630. The van der Waals surface area contributed by atoms with Gasteiger partial charge in [0.2, 0.25) is 0 Å². The van der Waals surface area contributed by atoms with Crippen molar-refractivity contribution in [2.24, 2.45) is 5.73 Å². The normalized spacial score (nSPS) is 17.4. The van der Waals surface area contributed by atoms with Crippen LogP contribution in [0.2, 0.25) is 0 Å². The van der Waals surface area contributed by atoms with Gasteiger partial charge in [0.25, 0.3) is 0 Å². The molecule has 1 atom stereocenters. The molecule has 1 aliphatic heterocycles. The number of para-hydroxylation sites is 1. The third-order valence-corrected chi connectivity index (χ3v) is 7.12. The second kappa shape index (κ2) is 9.49. The topological polar surface area (TPSA) is 87.9 Å². The predicted molar refractivity (Wildman–Crippen MR) is 143 cm³/mol. The van der Waals surface area contributed by atoms with E-state index >= 15 is 0 Å². The van der Waals surface area contributed by atoms with Crippen LogP contribution in [0.3, 0.4) is 0 Å². The molecular formula is C31H24FN5O. The number of halogens is 1. The smallest absolute Gasteiger partial charge is 0.161 e. The lowest BCUT2D eigenvalue weighted by molar-refractivity contribution is -0.116. The minimum Gasteiger partial charge on any atom is -0.384 e. The van der Waals surface area contributed by atoms with E-state index in [-0.39, 0.29) is 23.0 Å². The number of carbonyl (C=O) groups excluding carboxylic acids is 1. The fraction of sp³-hybridized carbons (Fsp3) is 0.129. The van der Waals surface area contributed by atoms with E-state index in [0.717, 1.165) is 22.5 Å². The number of anilines is 1. The molecule has 3 aromatic carbocycles. The molecule has 186 valence electrons. The number of carbonyl (C=O) groups is 1. The Morgan fingerprint density at radius 2 is 1.61 bits per heavy atom. The van der Waals surface area contributed by atoms with Gasteiger partial charge < -0.3 is 5.73 Å². The van der Waals surface area contributed by atoms with Crippen LogP contribution >= 0.6 is 0 Å². The first kappa shape index (κ1) is 23.4. The molecule has 0 saturated heterocycles. The highest BCUT2D eigenvalue weighted by atomic mass is 19.1. The van der Waals surface area contributed by atoms with E-state index in [1.807, 2.05) is 66.9 Å². The Kier molecular flexibility index (Phi) is 5.85. The number of hydrogen-bond acceptors (Lipinski definition) is 5. The van der Waals surface area contributed by atoms with Crippen molar-refractivity contribution in [1.29, 1.82) is 5.26 Å². The highest BCUT2D eigenvalue weighted by Gasteiger charge is 2.42. The van der Waals surface area contributed by atoms with Crippen molar-refractivity contribution >= 4 is 11.5 Å². The monoisotopic (exact) mass is 501 g/mol. The van der Waals surface area contributed by atoms with E-state index in [0.29, 0.717) is 36.2 Å². The molecule has 2 aliphatic rings. The number of benzene rings is 3. The number of nitrogens with zero attached hydrogens (tertiary/aromatic N) is 4. The van der Waals surface area contributed by atoms with Crippen LogP contribution in [0.15, 0.2) is 114 Å². The summed E-state index contributed by atoms with van der Waals surface area (Å²) in [6.45, 7) is 0. The predicted octanol–water partition coefficient (Wildman–Crippen LogP) is 5.98. The molecule has 6 nitrogen and oxygen atoms in total. The van der Waals surface area contributed by atoms with E-state index in [1.165, 1.54) is 12.1 Å². The van der Waals surface area contributed by atoms with E-state index in [9.17, 15) is 14.4 Å². The van der Waals surface area contributed by atoms with Crippen molar-refractivity contribution < 1.29 is 9.18 Å². The Morgan fingerprint density at radius 1 is 0.921 bits per heavy atom. The van der Waals surface area contributed by atoms with Gasteiger partial charge in [-0.2, -0.15) is 10.4 Å². The van der Waals surface area contributed by atoms with Gasteiger partial charge >= 0.3 is 0 Å². The molecule has 7 heteroatoms. The number of aromatic nitrogens is 2. The van der Waals surface area contributed by atoms with E-state index in [4.69, 9.17) is 10.8 Å². The summed E-state index contributed by atoms with van der Waals surface area (Å²) < 4.78 is 15.5. The number of allylic oxidation sites excluding steroid dienone is 3. The average molecular weight is 502 g/mol. The number of nitriles is 1. The molecule has 2 N–H and O–H groups in total. The highest BCUT2D eigenvalue weighted by Crippen LogP contribution is 2.48. The van der Waals surface area contributed by atoms with Crippen LogP contribution in [0, 0.1) is 17.1 Å². The van der Waals surface area contributed by atoms with Gasteiger partial charge in [-0.25, -0.2) is 9.07 Å². The zero-order chi connectivity index (χ0) is 26.2. The van der Waals surface area contributed by atoms with E-state index in [1.54, 1.807) is 21.7 Å². The molecule has 0 bridgehead atoms. The van der Waals surface area contributed by atoms with Gasteiger partial charge in [0.1, 0.15) is 11.6 Å². The van der Waals surface area contributed by atoms with Gasteiger partial charge in [0.15, 0.2) is 5.78 Å². The summed E-state index contributed by atoms with van der Waals surface area (Å²) in [5, 5.41) is 15.4. The standard InChI is InChI=1S/C31H24FN5O/c32-21-14-16-23(17-15-21)37-26-12-7-13-27(38)29(26)28(24(18-33)31(37)34)25-19-36(22-10-5-2-6-11-22)35-30(25)20-8-3-1-4-9-20/h1-6,8-11,14-17,19,28H,7,12-13,34H2. The van der Waals surface area contributed by atoms with Crippen molar-refractivity contribution in [1.82, 2.24) is 9.78 Å². The molecule has 1 unspecified atom stereocenters. The minimum atomic E-state index is -0.674. The summed E-state index contributed by atoms with van der Waals surface area (Å²) in [5.41, 5.74) is 12.0. The summed E-state index contributed by atoms with van der Waals surface area (Å²) >= 11 is 0. The molecule has 2 heterocycles. The largest absolute Gasteiger partial charge is 0.384 e. The number of rotatable bonds is 4. The quantitative estimate of drug-likeness (QED) is 0.372.